The van der Waals surface area contributed by atoms with Crippen molar-refractivity contribution in [1.82, 2.24) is 10.2 Å². The number of nitrogens with one attached hydrogen (secondary N) is 1. The molecule has 2 nitrogen and oxygen atoms in total. The van der Waals surface area contributed by atoms with Crippen molar-refractivity contribution >= 4 is 0 Å². The van der Waals surface area contributed by atoms with Crippen LogP contribution in [-0.4, -0.2) is 37.6 Å². The Labute approximate surface area is 101 Å². The van der Waals surface area contributed by atoms with E-state index >= 15 is 0 Å². The van der Waals surface area contributed by atoms with Gasteiger partial charge in [-0.05, 0) is 51.1 Å². The molecule has 1 unspecified atom stereocenters. The topological polar surface area (TPSA) is 15.3 Å². The lowest BCUT2D eigenvalue weighted by atomic mass is 9.83. The van der Waals surface area contributed by atoms with E-state index < -0.39 is 0 Å². The molecule has 1 saturated carbocycles. The van der Waals surface area contributed by atoms with Crippen LogP contribution in [0.5, 0.6) is 0 Å². The lowest BCUT2D eigenvalue weighted by molar-refractivity contribution is 0.200. The fourth-order valence-corrected chi connectivity index (χ4v) is 3.32. The lowest BCUT2D eigenvalue weighted by Crippen LogP contribution is -2.38. The standard InChI is InChI=1S/C14H28N2/c1-12-5-7-13(8-6-12)10-16(2)11-14-4-3-9-15-14/h12-15H,3-11H2,1-2H3. The monoisotopic (exact) mass is 224 g/mol. The highest BCUT2D eigenvalue weighted by Crippen LogP contribution is 2.28. The van der Waals surface area contributed by atoms with Crippen molar-refractivity contribution < 1.29 is 0 Å². The van der Waals surface area contributed by atoms with E-state index in [0.29, 0.717) is 0 Å². The molecule has 16 heavy (non-hydrogen) atoms. The van der Waals surface area contributed by atoms with E-state index in [4.69, 9.17) is 0 Å². The van der Waals surface area contributed by atoms with Crippen molar-refractivity contribution in [1.29, 1.82) is 0 Å². The molecule has 0 radical (unpaired) electrons. The Kier molecular flexibility index (Phi) is 4.66. The Morgan fingerprint density at radius 3 is 2.44 bits per heavy atom. The van der Waals surface area contributed by atoms with Crippen molar-refractivity contribution in [3.05, 3.63) is 0 Å². The van der Waals surface area contributed by atoms with Gasteiger partial charge in [0, 0.05) is 19.1 Å². The Morgan fingerprint density at radius 2 is 1.81 bits per heavy atom. The molecule has 1 atom stereocenters. The molecule has 1 aliphatic carbocycles. The summed E-state index contributed by atoms with van der Waals surface area (Å²) in [4.78, 5) is 2.56. The zero-order chi connectivity index (χ0) is 11.4. The second-order valence-electron chi connectivity index (χ2n) is 6.14. The number of hydrogen-bond donors (Lipinski definition) is 1. The van der Waals surface area contributed by atoms with Gasteiger partial charge in [-0.1, -0.05) is 19.8 Å². The molecule has 1 aliphatic heterocycles. The van der Waals surface area contributed by atoms with Crippen LogP contribution >= 0.6 is 0 Å². The minimum absolute atomic E-state index is 0.771. The average molecular weight is 224 g/mol. The molecule has 2 aliphatic rings. The van der Waals surface area contributed by atoms with Crippen molar-refractivity contribution in [3.8, 4) is 0 Å². The van der Waals surface area contributed by atoms with Crippen LogP contribution in [0.2, 0.25) is 0 Å². The molecule has 0 spiro atoms. The summed E-state index contributed by atoms with van der Waals surface area (Å²) in [5, 5.41) is 3.59. The van der Waals surface area contributed by atoms with Gasteiger partial charge in [-0.15, -0.1) is 0 Å². The van der Waals surface area contributed by atoms with Crippen molar-refractivity contribution in [3.63, 3.8) is 0 Å². The van der Waals surface area contributed by atoms with E-state index in [1.807, 2.05) is 0 Å². The quantitative estimate of drug-likeness (QED) is 0.789. The molecule has 0 aromatic rings. The Balaban J connectivity index is 1.64. The van der Waals surface area contributed by atoms with Gasteiger partial charge >= 0.3 is 0 Å². The molecule has 0 amide bonds. The molecule has 0 aromatic carbocycles. The van der Waals surface area contributed by atoms with Crippen LogP contribution in [-0.2, 0) is 0 Å². The molecule has 2 heteroatoms. The van der Waals surface area contributed by atoms with E-state index in [0.717, 1.165) is 17.9 Å². The third-order valence-electron chi connectivity index (χ3n) is 4.40. The van der Waals surface area contributed by atoms with E-state index in [1.165, 1.54) is 58.2 Å². The minimum atomic E-state index is 0.771. The van der Waals surface area contributed by atoms with Crippen LogP contribution in [0, 0.1) is 11.8 Å². The first-order valence-corrected chi connectivity index (χ1v) is 7.16. The predicted octanol–water partition coefficient (Wildman–Crippen LogP) is 2.50. The first-order valence-electron chi connectivity index (χ1n) is 7.16. The smallest absolute Gasteiger partial charge is 0.0195 e. The highest BCUT2D eigenvalue weighted by atomic mass is 15.1. The third-order valence-corrected chi connectivity index (χ3v) is 4.40. The highest BCUT2D eigenvalue weighted by molar-refractivity contribution is 4.79. The summed E-state index contributed by atoms with van der Waals surface area (Å²) in [6, 6.07) is 0.771. The summed E-state index contributed by atoms with van der Waals surface area (Å²) in [6.45, 7) is 6.22. The average Bonchev–Trinajstić information content (AvgIpc) is 2.74. The Hall–Kier alpha value is -0.0800. The van der Waals surface area contributed by atoms with Crippen LogP contribution in [0.15, 0.2) is 0 Å². The van der Waals surface area contributed by atoms with Crippen LogP contribution in [0.25, 0.3) is 0 Å². The van der Waals surface area contributed by atoms with Gasteiger partial charge in [-0.25, -0.2) is 0 Å². The second kappa shape index (κ2) is 6.02. The maximum absolute atomic E-state index is 3.59. The second-order valence-corrected chi connectivity index (χ2v) is 6.14. The first kappa shape index (κ1) is 12.4. The number of likely N-dealkylation sites (N-methyl/N-ethyl adjacent to an activating group) is 1. The van der Waals surface area contributed by atoms with Gasteiger partial charge in [-0.2, -0.15) is 0 Å². The maximum Gasteiger partial charge on any atom is 0.0195 e. The fraction of sp³-hybridized carbons (Fsp3) is 1.00. The summed E-state index contributed by atoms with van der Waals surface area (Å²) in [5.74, 6) is 1.96. The summed E-state index contributed by atoms with van der Waals surface area (Å²) in [5.41, 5.74) is 0. The van der Waals surface area contributed by atoms with Gasteiger partial charge < -0.3 is 10.2 Å². The van der Waals surface area contributed by atoms with Gasteiger partial charge in [0.05, 0.1) is 0 Å². The summed E-state index contributed by atoms with van der Waals surface area (Å²) >= 11 is 0. The highest BCUT2D eigenvalue weighted by Gasteiger charge is 2.21. The molecule has 1 N–H and O–H groups in total. The van der Waals surface area contributed by atoms with Gasteiger partial charge in [-0.3, -0.25) is 0 Å². The molecular formula is C14H28N2. The lowest BCUT2D eigenvalue weighted by Gasteiger charge is -2.30. The molecular weight excluding hydrogens is 196 g/mol. The summed E-state index contributed by atoms with van der Waals surface area (Å²) in [6.07, 6.45) is 8.60. The van der Waals surface area contributed by atoms with Gasteiger partial charge in [0.2, 0.25) is 0 Å². The van der Waals surface area contributed by atoms with Crippen LogP contribution in [0.1, 0.15) is 45.4 Å². The molecule has 2 fully saturated rings. The zero-order valence-electron chi connectivity index (χ0n) is 11.0. The van der Waals surface area contributed by atoms with E-state index in [9.17, 15) is 0 Å². The third kappa shape index (κ3) is 3.74. The molecule has 0 bridgehead atoms. The molecule has 1 saturated heterocycles. The number of hydrogen-bond acceptors (Lipinski definition) is 2. The van der Waals surface area contributed by atoms with E-state index in [-0.39, 0.29) is 0 Å². The van der Waals surface area contributed by atoms with Gasteiger partial charge in [0.25, 0.3) is 0 Å². The Bertz CT molecular complexity index is 191. The van der Waals surface area contributed by atoms with Crippen molar-refractivity contribution in [2.75, 3.05) is 26.7 Å². The first-order chi connectivity index (χ1) is 7.74. The summed E-state index contributed by atoms with van der Waals surface area (Å²) in [7, 11) is 2.30. The summed E-state index contributed by atoms with van der Waals surface area (Å²) < 4.78 is 0. The molecule has 2 rings (SSSR count). The minimum Gasteiger partial charge on any atom is -0.313 e. The van der Waals surface area contributed by atoms with Crippen LogP contribution in [0.4, 0.5) is 0 Å². The number of nitrogens with zero attached hydrogens (tertiary/aromatic N) is 1. The normalized spacial score (nSPS) is 35.8. The number of rotatable bonds is 4. The Morgan fingerprint density at radius 1 is 1.06 bits per heavy atom. The van der Waals surface area contributed by atoms with E-state index in [1.54, 1.807) is 0 Å². The molecule has 0 aromatic heterocycles. The van der Waals surface area contributed by atoms with Gasteiger partial charge in [0.1, 0.15) is 0 Å². The van der Waals surface area contributed by atoms with E-state index in [2.05, 4.69) is 24.2 Å². The van der Waals surface area contributed by atoms with Crippen LogP contribution in [0.3, 0.4) is 0 Å². The van der Waals surface area contributed by atoms with Gasteiger partial charge in [0.15, 0.2) is 0 Å². The zero-order valence-corrected chi connectivity index (χ0v) is 11.0. The largest absolute Gasteiger partial charge is 0.313 e. The SMILES string of the molecule is CC1CCC(CN(C)CC2CCCN2)CC1. The molecule has 94 valence electrons. The molecule has 1 heterocycles. The fourth-order valence-electron chi connectivity index (χ4n) is 3.32. The van der Waals surface area contributed by atoms with Crippen LogP contribution < -0.4 is 5.32 Å². The van der Waals surface area contributed by atoms with Crippen molar-refractivity contribution in [2.45, 2.75) is 51.5 Å². The predicted molar refractivity (Wildman–Crippen MR) is 69.6 cm³/mol. The maximum atomic E-state index is 3.59. The van der Waals surface area contributed by atoms with Crippen molar-refractivity contribution in [2.24, 2.45) is 11.8 Å².